The molecule has 0 fully saturated rings. The number of benzene rings is 1. The third kappa shape index (κ3) is 2.00. The molecule has 1 rings (SSSR count). The maximum Gasteiger partial charge on any atom is 0.274 e. The summed E-state index contributed by atoms with van der Waals surface area (Å²) in [4.78, 5) is 20.7. The molecule has 0 aliphatic carbocycles. The molecule has 1 aromatic rings. The van der Waals surface area contributed by atoms with Crippen LogP contribution >= 0.6 is 11.6 Å². The SMILES string of the molecule is NC(=O)c1ccc(CCl)c([N+](=O)[O-])c1. The lowest BCUT2D eigenvalue weighted by molar-refractivity contribution is -0.385. The van der Waals surface area contributed by atoms with Crippen LogP contribution in [0.1, 0.15) is 15.9 Å². The number of nitrogens with zero attached hydrogens (tertiary/aromatic N) is 1. The fourth-order valence-corrected chi connectivity index (χ4v) is 1.23. The minimum absolute atomic E-state index is 0.0232. The number of hydrogen-bond acceptors (Lipinski definition) is 3. The van der Waals surface area contributed by atoms with Crippen molar-refractivity contribution in [1.29, 1.82) is 0 Å². The van der Waals surface area contributed by atoms with Crippen LogP contribution in [-0.4, -0.2) is 10.8 Å². The quantitative estimate of drug-likeness (QED) is 0.469. The molecule has 0 bridgehead atoms. The molecule has 0 spiro atoms. The average Bonchev–Trinajstić information content (AvgIpc) is 2.16. The fraction of sp³-hybridized carbons (Fsp3) is 0.125. The Morgan fingerprint density at radius 3 is 2.64 bits per heavy atom. The molecule has 0 atom stereocenters. The van der Waals surface area contributed by atoms with Crippen LogP contribution in [0.4, 0.5) is 5.69 Å². The van der Waals surface area contributed by atoms with Crippen molar-refractivity contribution in [2.45, 2.75) is 5.88 Å². The summed E-state index contributed by atoms with van der Waals surface area (Å²) < 4.78 is 0. The Kier molecular flexibility index (Phi) is 3.03. The van der Waals surface area contributed by atoms with E-state index in [2.05, 4.69) is 0 Å². The molecule has 0 aromatic heterocycles. The van der Waals surface area contributed by atoms with E-state index in [1.807, 2.05) is 0 Å². The summed E-state index contributed by atoms with van der Waals surface area (Å²) in [5.41, 5.74) is 5.26. The van der Waals surface area contributed by atoms with Crippen LogP contribution in [0.15, 0.2) is 18.2 Å². The van der Waals surface area contributed by atoms with Gasteiger partial charge in [0.05, 0.1) is 10.8 Å². The summed E-state index contributed by atoms with van der Waals surface area (Å²) in [6.45, 7) is 0. The minimum atomic E-state index is -0.700. The Hall–Kier alpha value is -1.62. The van der Waals surface area contributed by atoms with Gasteiger partial charge in [0.15, 0.2) is 0 Å². The lowest BCUT2D eigenvalue weighted by Crippen LogP contribution is -2.11. The number of hydrogen-bond donors (Lipinski definition) is 1. The van der Waals surface area contributed by atoms with Gasteiger partial charge in [-0.2, -0.15) is 0 Å². The molecule has 14 heavy (non-hydrogen) atoms. The van der Waals surface area contributed by atoms with Crippen molar-refractivity contribution < 1.29 is 9.72 Å². The molecule has 0 saturated heterocycles. The largest absolute Gasteiger partial charge is 0.366 e. The molecule has 1 amide bonds. The van der Waals surface area contributed by atoms with Gasteiger partial charge in [-0.05, 0) is 6.07 Å². The van der Waals surface area contributed by atoms with E-state index in [-0.39, 0.29) is 17.1 Å². The highest BCUT2D eigenvalue weighted by Gasteiger charge is 2.15. The van der Waals surface area contributed by atoms with Gasteiger partial charge in [0, 0.05) is 17.2 Å². The van der Waals surface area contributed by atoms with Crippen molar-refractivity contribution in [2.75, 3.05) is 0 Å². The number of nitrogens with two attached hydrogens (primary N) is 1. The molecular weight excluding hydrogens is 208 g/mol. The Morgan fingerprint density at radius 2 is 2.21 bits per heavy atom. The van der Waals surface area contributed by atoms with Crippen LogP contribution in [0.25, 0.3) is 0 Å². The van der Waals surface area contributed by atoms with Gasteiger partial charge in [0.2, 0.25) is 5.91 Å². The summed E-state index contributed by atoms with van der Waals surface area (Å²) in [6.07, 6.45) is 0. The van der Waals surface area contributed by atoms with Crippen molar-refractivity contribution >= 4 is 23.2 Å². The van der Waals surface area contributed by atoms with E-state index in [1.54, 1.807) is 0 Å². The number of nitro benzene ring substituents is 1. The number of amides is 1. The van der Waals surface area contributed by atoms with E-state index in [0.717, 1.165) is 6.07 Å². The van der Waals surface area contributed by atoms with Crippen LogP contribution in [0.5, 0.6) is 0 Å². The van der Waals surface area contributed by atoms with E-state index in [0.29, 0.717) is 5.56 Å². The first-order valence-electron chi connectivity index (χ1n) is 3.69. The summed E-state index contributed by atoms with van der Waals surface area (Å²) in [5.74, 6) is -0.677. The van der Waals surface area contributed by atoms with E-state index >= 15 is 0 Å². The van der Waals surface area contributed by atoms with E-state index < -0.39 is 10.8 Å². The van der Waals surface area contributed by atoms with Crippen molar-refractivity contribution in [2.24, 2.45) is 5.73 Å². The lowest BCUT2D eigenvalue weighted by atomic mass is 10.1. The first kappa shape index (κ1) is 10.5. The normalized spacial score (nSPS) is 9.79. The molecule has 0 heterocycles. The first-order chi connectivity index (χ1) is 6.56. The maximum absolute atomic E-state index is 10.7. The zero-order valence-corrected chi connectivity index (χ0v) is 7.82. The topological polar surface area (TPSA) is 86.2 Å². The Morgan fingerprint density at radius 1 is 1.57 bits per heavy atom. The van der Waals surface area contributed by atoms with Crippen molar-refractivity contribution in [3.63, 3.8) is 0 Å². The molecule has 5 nitrogen and oxygen atoms in total. The predicted molar refractivity (Wildman–Crippen MR) is 51.2 cm³/mol. The van der Waals surface area contributed by atoms with Gasteiger partial charge >= 0.3 is 0 Å². The second-order valence-electron chi connectivity index (χ2n) is 2.60. The predicted octanol–water partition coefficient (Wildman–Crippen LogP) is 1.43. The molecule has 2 N–H and O–H groups in total. The van der Waals surface area contributed by atoms with Crippen molar-refractivity contribution in [3.8, 4) is 0 Å². The van der Waals surface area contributed by atoms with Crippen LogP contribution < -0.4 is 5.73 Å². The zero-order chi connectivity index (χ0) is 10.7. The van der Waals surface area contributed by atoms with Crippen molar-refractivity contribution in [3.05, 3.63) is 39.4 Å². The molecule has 1 aromatic carbocycles. The van der Waals surface area contributed by atoms with Crippen molar-refractivity contribution in [1.82, 2.24) is 0 Å². The van der Waals surface area contributed by atoms with E-state index in [1.165, 1.54) is 12.1 Å². The van der Waals surface area contributed by atoms with Gasteiger partial charge in [0.25, 0.3) is 5.69 Å². The first-order valence-corrected chi connectivity index (χ1v) is 4.22. The highest BCUT2D eigenvalue weighted by Crippen LogP contribution is 2.21. The minimum Gasteiger partial charge on any atom is -0.366 e. The highest BCUT2D eigenvalue weighted by molar-refractivity contribution is 6.17. The van der Waals surface area contributed by atoms with Gasteiger partial charge in [-0.25, -0.2) is 0 Å². The summed E-state index contributed by atoms with van der Waals surface area (Å²) >= 11 is 5.49. The van der Waals surface area contributed by atoms with Crippen LogP contribution in [0.2, 0.25) is 0 Å². The van der Waals surface area contributed by atoms with E-state index in [4.69, 9.17) is 17.3 Å². The maximum atomic E-state index is 10.7. The Bertz CT molecular complexity index is 392. The molecule has 0 saturated carbocycles. The average molecular weight is 215 g/mol. The standard InChI is InChI=1S/C8H7ClN2O3/c9-4-6-2-1-5(8(10)12)3-7(6)11(13)14/h1-3H,4H2,(H2,10,12). The summed E-state index contributed by atoms with van der Waals surface area (Å²) in [5, 5.41) is 10.6. The second kappa shape index (κ2) is 4.06. The van der Waals surface area contributed by atoms with Gasteiger partial charge in [0.1, 0.15) is 0 Å². The van der Waals surface area contributed by atoms with E-state index in [9.17, 15) is 14.9 Å². The number of carbonyl (C=O) groups excluding carboxylic acids is 1. The van der Waals surface area contributed by atoms with Gasteiger partial charge in [-0.15, -0.1) is 11.6 Å². The molecular formula is C8H7ClN2O3. The third-order valence-electron chi connectivity index (χ3n) is 1.71. The van der Waals surface area contributed by atoms with Crippen LogP contribution in [0.3, 0.4) is 0 Å². The lowest BCUT2D eigenvalue weighted by Gasteiger charge is -2.00. The summed E-state index contributed by atoms with van der Waals surface area (Å²) in [6, 6.07) is 3.96. The number of rotatable bonds is 3. The Balaban J connectivity index is 3.27. The Labute approximate surface area is 84.6 Å². The second-order valence-corrected chi connectivity index (χ2v) is 2.87. The molecule has 0 radical (unpaired) electrons. The highest BCUT2D eigenvalue weighted by atomic mass is 35.5. The summed E-state index contributed by atoms with van der Waals surface area (Å²) in [7, 11) is 0. The third-order valence-corrected chi connectivity index (χ3v) is 2.00. The van der Waals surface area contributed by atoms with Gasteiger partial charge < -0.3 is 5.73 Å². The monoisotopic (exact) mass is 214 g/mol. The smallest absolute Gasteiger partial charge is 0.274 e. The van der Waals surface area contributed by atoms with Gasteiger partial charge in [-0.3, -0.25) is 14.9 Å². The molecule has 0 unspecified atom stereocenters. The number of alkyl halides is 1. The number of nitro groups is 1. The molecule has 0 aliphatic rings. The molecule has 74 valence electrons. The van der Waals surface area contributed by atoms with Gasteiger partial charge in [-0.1, -0.05) is 6.07 Å². The molecule has 6 heteroatoms. The molecule has 0 aliphatic heterocycles. The number of halogens is 1. The number of carbonyl (C=O) groups is 1. The number of primary amides is 1. The zero-order valence-electron chi connectivity index (χ0n) is 7.07. The fourth-order valence-electron chi connectivity index (χ4n) is 1.00. The van der Waals surface area contributed by atoms with Crippen LogP contribution in [-0.2, 0) is 5.88 Å². The van der Waals surface area contributed by atoms with Crippen LogP contribution in [0, 0.1) is 10.1 Å².